The second-order valence-electron chi connectivity index (χ2n) is 5.84. The molecular weight excluding hydrogens is 310 g/mol. The van der Waals surface area contributed by atoms with E-state index in [0.717, 1.165) is 30.9 Å². The smallest absolute Gasteiger partial charge is 0.191 e. The number of nitrogens with one attached hydrogen (secondary N) is 2. The molecule has 0 saturated carbocycles. The average molecular weight is 340 g/mol. The number of guanidine groups is 1. The fourth-order valence-corrected chi connectivity index (χ4v) is 2.63. The van der Waals surface area contributed by atoms with Gasteiger partial charge in [0.25, 0.3) is 0 Å². The Morgan fingerprint density at radius 3 is 2.26 bits per heavy atom. The van der Waals surface area contributed by atoms with E-state index in [1.165, 1.54) is 11.8 Å². The van der Waals surface area contributed by atoms with Crippen molar-refractivity contribution in [3.63, 3.8) is 0 Å². The second kappa shape index (κ2) is 10.3. The first-order chi connectivity index (χ1) is 10.9. The van der Waals surface area contributed by atoms with Crippen LogP contribution in [0.15, 0.2) is 29.3 Å². The monoisotopic (exact) mass is 339 g/mol. The first-order valence-electron chi connectivity index (χ1n) is 8.16. The van der Waals surface area contributed by atoms with Gasteiger partial charge in [0, 0.05) is 19.3 Å². The normalized spacial score (nSPS) is 12.2. The van der Waals surface area contributed by atoms with Crippen molar-refractivity contribution >= 4 is 15.8 Å². The van der Waals surface area contributed by atoms with Crippen molar-refractivity contribution in [3.05, 3.63) is 35.4 Å². The van der Waals surface area contributed by atoms with Gasteiger partial charge in [0.05, 0.1) is 12.3 Å². The van der Waals surface area contributed by atoms with Crippen LogP contribution >= 0.6 is 0 Å². The topological polar surface area (TPSA) is 70.6 Å². The molecule has 0 unspecified atom stereocenters. The van der Waals surface area contributed by atoms with Crippen molar-refractivity contribution in [2.75, 3.05) is 25.1 Å². The van der Waals surface area contributed by atoms with Crippen molar-refractivity contribution in [2.45, 2.75) is 39.7 Å². The van der Waals surface area contributed by atoms with Crippen LogP contribution in [-0.4, -0.2) is 39.5 Å². The van der Waals surface area contributed by atoms with Gasteiger partial charge in [-0.1, -0.05) is 43.2 Å². The van der Waals surface area contributed by atoms with E-state index in [2.05, 4.69) is 53.7 Å². The van der Waals surface area contributed by atoms with Gasteiger partial charge in [0.2, 0.25) is 0 Å². The molecule has 0 amide bonds. The molecule has 0 aromatic heterocycles. The molecule has 2 N–H and O–H groups in total. The Morgan fingerprint density at radius 2 is 1.70 bits per heavy atom. The molecule has 1 rings (SSSR count). The number of hydrogen-bond acceptors (Lipinski definition) is 3. The lowest BCUT2D eigenvalue weighted by Crippen LogP contribution is -2.38. The number of aliphatic imine (C=N–C) groups is 1. The number of nitrogens with zero attached hydrogens (tertiary/aromatic N) is 1. The minimum absolute atomic E-state index is 0.195. The molecule has 0 aliphatic rings. The number of unbranched alkanes of at least 4 members (excludes halogenated alkanes) is 1. The highest BCUT2D eigenvalue weighted by atomic mass is 32.2. The van der Waals surface area contributed by atoms with Crippen LogP contribution < -0.4 is 10.6 Å². The zero-order valence-corrected chi connectivity index (χ0v) is 15.2. The number of hydrogen-bond donors (Lipinski definition) is 2. The Hall–Kier alpha value is -1.56. The third kappa shape index (κ3) is 9.94. The predicted molar refractivity (Wildman–Crippen MR) is 97.6 cm³/mol. The van der Waals surface area contributed by atoms with Crippen molar-refractivity contribution < 1.29 is 8.42 Å². The molecule has 0 aliphatic carbocycles. The molecular formula is C17H29N3O2S. The number of sulfone groups is 1. The third-order valence-electron chi connectivity index (χ3n) is 3.35. The largest absolute Gasteiger partial charge is 0.356 e. The molecule has 130 valence electrons. The quantitative estimate of drug-likeness (QED) is 0.411. The van der Waals surface area contributed by atoms with Gasteiger partial charge in [0.1, 0.15) is 9.84 Å². The molecule has 23 heavy (non-hydrogen) atoms. The maximum absolute atomic E-state index is 11.2. The molecule has 0 spiro atoms. The fourth-order valence-electron chi connectivity index (χ4n) is 1.96. The predicted octanol–water partition coefficient (Wildman–Crippen LogP) is 2.27. The van der Waals surface area contributed by atoms with E-state index in [1.807, 2.05) is 0 Å². The molecule has 6 heteroatoms. The number of benzene rings is 1. The lowest BCUT2D eigenvalue weighted by atomic mass is 10.1. The minimum Gasteiger partial charge on any atom is -0.356 e. The lowest BCUT2D eigenvalue weighted by Gasteiger charge is -2.12. The molecule has 0 heterocycles. The van der Waals surface area contributed by atoms with E-state index < -0.39 is 9.84 Å². The lowest BCUT2D eigenvalue weighted by molar-refractivity contribution is 0.598. The van der Waals surface area contributed by atoms with Crippen molar-refractivity contribution in [1.29, 1.82) is 0 Å². The maximum atomic E-state index is 11.2. The van der Waals surface area contributed by atoms with Gasteiger partial charge in [-0.2, -0.15) is 0 Å². The summed E-state index contributed by atoms with van der Waals surface area (Å²) in [6.07, 6.45) is 4.04. The van der Waals surface area contributed by atoms with Gasteiger partial charge < -0.3 is 10.6 Å². The number of rotatable bonds is 9. The van der Waals surface area contributed by atoms with Crippen molar-refractivity contribution in [3.8, 4) is 0 Å². The molecule has 0 saturated heterocycles. The SMILES string of the molecule is CCCCNC(=NCc1ccc(C)cc1)NCCCS(C)(=O)=O. The minimum atomic E-state index is -2.90. The summed E-state index contributed by atoms with van der Waals surface area (Å²) in [5.41, 5.74) is 2.39. The Labute approximate surface area is 140 Å². The van der Waals surface area contributed by atoms with Gasteiger partial charge in [-0.3, -0.25) is 0 Å². The van der Waals surface area contributed by atoms with Crippen molar-refractivity contribution in [2.24, 2.45) is 4.99 Å². The van der Waals surface area contributed by atoms with Crippen LogP contribution in [0.2, 0.25) is 0 Å². The van der Waals surface area contributed by atoms with Crippen LogP contribution in [0.3, 0.4) is 0 Å². The fraction of sp³-hybridized carbons (Fsp3) is 0.588. The first kappa shape index (κ1) is 19.5. The van der Waals surface area contributed by atoms with Crippen LogP contribution in [0.25, 0.3) is 0 Å². The zero-order chi connectivity index (χ0) is 17.1. The standard InChI is InChI=1S/C17H29N3O2S/c1-4-5-11-18-17(19-12-6-13-23(3,21)22)20-14-16-9-7-15(2)8-10-16/h7-10H,4-6,11-14H2,1-3H3,(H2,18,19,20). The van der Waals surface area contributed by atoms with E-state index in [-0.39, 0.29) is 5.75 Å². The summed E-state index contributed by atoms with van der Waals surface area (Å²) in [6.45, 7) is 6.27. The average Bonchev–Trinajstić information content (AvgIpc) is 2.49. The Morgan fingerprint density at radius 1 is 1.09 bits per heavy atom. The molecule has 0 bridgehead atoms. The number of aryl methyl sites for hydroxylation is 1. The van der Waals surface area contributed by atoms with Gasteiger partial charge in [0.15, 0.2) is 5.96 Å². The molecule has 1 aromatic carbocycles. The summed E-state index contributed by atoms with van der Waals surface area (Å²) in [6, 6.07) is 8.31. The molecule has 0 fully saturated rings. The van der Waals surface area contributed by atoms with Crippen molar-refractivity contribution in [1.82, 2.24) is 10.6 Å². The molecule has 0 radical (unpaired) electrons. The first-order valence-corrected chi connectivity index (χ1v) is 10.2. The Kier molecular flexibility index (Phi) is 8.69. The second-order valence-corrected chi connectivity index (χ2v) is 8.10. The van der Waals surface area contributed by atoms with E-state index in [0.29, 0.717) is 19.5 Å². The van der Waals surface area contributed by atoms with Crippen LogP contribution in [0.4, 0.5) is 0 Å². The third-order valence-corrected chi connectivity index (χ3v) is 4.38. The van der Waals surface area contributed by atoms with Crippen LogP contribution in [0.5, 0.6) is 0 Å². The Bertz CT molecular complexity index is 580. The maximum Gasteiger partial charge on any atom is 0.191 e. The van der Waals surface area contributed by atoms with Gasteiger partial charge >= 0.3 is 0 Å². The highest BCUT2D eigenvalue weighted by molar-refractivity contribution is 7.90. The van der Waals surface area contributed by atoms with Gasteiger partial charge in [-0.15, -0.1) is 0 Å². The van der Waals surface area contributed by atoms with Crippen LogP contribution in [0.1, 0.15) is 37.3 Å². The summed E-state index contributed by atoms with van der Waals surface area (Å²) in [4.78, 5) is 4.57. The van der Waals surface area contributed by atoms with E-state index >= 15 is 0 Å². The zero-order valence-electron chi connectivity index (χ0n) is 14.4. The molecule has 0 atom stereocenters. The highest BCUT2D eigenvalue weighted by Crippen LogP contribution is 2.04. The summed E-state index contributed by atoms with van der Waals surface area (Å²) < 4.78 is 22.3. The molecule has 0 aliphatic heterocycles. The summed E-state index contributed by atoms with van der Waals surface area (Å²) in [5.74, 6) is 0.938. The highest BCUT2D eigenvalue weighted by Gasteiger charge is 2.03. The molecule has 5 nitrogen and oxygen atoms in total. The van der Waals surface area contributed by atoms with E-state index in [4.69, 9.17) is 0 Å². The Balaban J connectivity index is 2.52. The van der Waals surface area contributed by atoms with E-state index in [1.54, 1.807) is 0 Å². The van der Waals surface area contributed by atoms with Gasteiger partial charge in [-0.05, 0) is 25.3 Å². The molecule has 1 aromatic rings. The summed E-state index contributed by atoms with van der Waals surface area (Å²) in [5, 5.41) is 6.50. The summed E-state index contributed by atoms with van der Waals surface area (Å²) in [7, 11) is -2.90. The van der Waals surface area contributed by atoms with Crippen LogP contribution in [-0.2, 0) is 16.4 Å². The summed E-state index contributed by atoms with van der Waals surface area (Å²) >= 11 is 0. The van der Waals surface area contributed by atoms with Crippen LogP contribution in [0, 0.1) is 6.92 Å². The van der Waals surface area contributed by atoms with E-state index in [9.17, 15) is 8.42 Å². The van der Waals surface area contributed by atoms with Gasteiger partial charge in [-0.25, -0.2) is 13.4 Å².